The van der Waals surface area contributed by atoms with Crippen LogP contribution in [-0.4, -0.2) is 7.11 Å². The van der Waals surface area contributed by atoms with E-state index in [0.717, 1.165) is 21.4 Å². The number of nitrogen functional groups attached to an aromatic ring is 1. The van der Waals surface area contributed by atoms with Crippen LogP contribution in [0.15, 0.2) is 18.2 Å². The van der Waals surface area contributed by atoms with Crippen molar-refractivity contribution in [1.82, 2.24) is 0 Å². The molecule has 68 valence electrons. The minimum Gasteiger partial charge on any atom is -0.495 e. The van der Waals surface area contributed by atoms with Crippen LogP contribution in [0, 0.1) is 5.13 Å². The summed E-state index contributed by atoms with van der Waals surface area (Å²) in [6.45, 7) is 0. The third-order valence-corrected chi connectivity index (χ3v) is 2.85. The van der Waals surface area contributed by atoms with Crippen LogP contribution in [0.3, 0.4) is 0 Å². The number of halogens is 1. The molecule has 1 aromatic carbocycles. The molecule has 4 heteroatoms. The fourth-order valence-corrected chi connectivity index (χ4v) is 2.09. The van der Waals surface area contributed by atoms with Crippen LogP contribution >= 0.6 is 11.3 Å². The van der Waals surface area contributed by atoms with Gasteiger partial charge in [-0.2, -0.15) is 4.39 Å². The lowest BCUT2D eigenvalue weighted by molar-refractivity contribution is 0.417. The van der Waals surface area contributed by atoms with Crippen molar-refractivity contribution in [2.45, 2.75) is 0 Å². The zero-order chi connectivity index (χ0) is 9.42. The third kappa shape index (κ3) is 1.23. The topological polar surface area (TPSA) is 35.2 Å². The molecule has 0 saturated heterocycles. The third-order valence-electron chi connectivity index (χ3n) is 1.87. The van der Waals surface area contributed by atoms with Gasteiger partial charge in [0.25, 0.3) is 0 Å². The Balaban J connectivity index is 2.78. The van der Waals surface area contributed by atoms with E-state index in [1.807, 2.05) is 0 Å². The lowest BCUT2D eigenvalue weighted by atomic mass is 10.2. The summed E-state index contributed by atoms with van der Waals surface area (Å²) in [5, 5.41) is 0.593. The predicted octanol–water partition coefficient (Wildman–Crippen LogP) is 2.63. The van der Waals surface area contributed by atoms with E-state index in [0.29, 0.717) is 11.4 Å². The number of benzene rings is 1. The number of nitrogens with two attached hydrogens (primary N) is 1. The zero-order valence-electron chi connectivity index (χ0n) is 7.00. The summed E-state index contributed by atoms with van der Waals surface area (Å²) in [5.74, 6) is 0.592. The smallest absolute Gasteiger partial charge is 0.177 e. The van der Waals surface area contributed by atoms with Crippen LogP contribution < -0.4 is 10.5 Å². The van der Waals surface area contributed by atoms with Gasteiger partial charge in [-0.1, -0.05) is 0 Å². The second-order valence-electron chi connectivity index (χ2n) is 2.65. The first-order valence-electron chi connectivity index (χ1n) is 3.74. The highest BCUT2D eigenvalue weighted by molar-refractivity contribution is 7.18. The van der Waals surface area contributed by atoms with Crippen molar-refractivity contribution in [3.8, 4) is 5.75 Å². The molecular weight excluding hydrogens is 189 g/mol. The molecule has 0 unspecified atom stereocenters. The molecule has 0 radical (unpaired) electrons. The van der Waals surface area contributed by atoms with Gasteiger partial charge in [0.15, 0.2) is 5.13 Å². The minimum atomic E-state index is -0.227. The number of ether oxygens (including phenoxy) is 1. The molecule has 13 heavy (non-hydrogen) atoms. The lowest BCUT2D eigenvalue weighted by Gasteiger charge is -2.03. The van der Waals surface area contributed by atoms with Crippen molar-refractivity contribution in [2.24, 2.45) is 0 Å². The highest BCUT2D eigenvalue weighted by Gasteiger charge is 2.08. The molecule has 0 bridgehead atoms. The molecule has 0 saturated carbocycles. The summed E-state index contributed by atoms with van der Waals surface area (Å²) >= 11 is 1.04. The Morgan fingerprint density at radius 2 is 2.23 bits per heavy atom. The molecule has 0 spiro atoms. The van der Waals surface area contributed by atoms with Gasteiger partial charge in [0.05, 0.1) is 17.5 Å². The first kappa shape index (κ1) is 8.31. The fraction of sp³-hybridized carbons (Fsp3) is 0.111. The quantitative estimate of drug-likeness (QED) is 0.713. The molecule has 1 aromatic heterocycles. The average Bonchev–Trinajstić information content (AvgIpc) is 2.47. The molecule has 0 aliphatic heterocycles. The summed E-state index contributed by atoms with van der Waals surface area (Å²) in [6.07, 6.45) is 0. The molecule has 0 aliphatic carbocycles. The monoisotopic (exact) mass is 197 g/mol. The number of thiophene rings is 1. The van der Waals surface area contributed by atoms with Gasteiger partial charge in [-0.25, -0.2) is 0 Å². The maximum Gasteiger partial charge on any atom is 0.177 e. The first-order valence-corrected chi connectivity index (χ1v) is 4.55. The summed E-state index contributed by atoms with van der Waals surface area (Å²) in [6, 6.07) is 5.00. The highest BCUT2D eigenvalue weighted by Crippen LogP contribution is 2.35. The molecule has 0 fully saturated rings. The standard InChI is InChI=1S/C9H8FNOS/c1-12-6-3-2-5-4-7(10)13-9(5)8(6)11/h2-4H,11H2,1H3. The van der Waals surface area contributed by atoms with E-state index in [-0.39, 0.29) is 5.13 Å². The van der Waals surface area contributed by atoms with E-state index in [1.54, 1.807) is 19.2 Å². The van der Waals surface area contributed by atoms with Crippen molar-refractivity contribution >= 4 is 27.1 Å². The van der Waals surface area contributed by atoms with Gasteiger partial charge in [-0.3, -0.25) is 0 Å². The SMILES string of the molecule is COc1ccc2cc(F)sc2c1N. The van der Waals surface area contributed by atoms with Crippen LogP contribution in [0.1, 0.15) is 0 Å². The number of rotatable bonds is 1. The summed E-state index contributed by atoms with van der Waals surface area (Å²) in [4.78, 5) is 0. The normalized spacial score (nSPS) is 10.6. The van der Waals surface area contributed by atoms with E-state index in [4.69, 9.17) is 10.5 Å². The van der Waals surface area contributed by atoms with Crippen LogP contribution in [-0.2, 0) is 0 Å². The van der Waals surface area contributed by atoms with E-state index < -0.39 is 0 Å². The van der Waals surface area contributed by atoms with Crippen molar-refractivity contribution in [3.05, 3.63) is 23.3 Å². The Morgan fingerprint density at radius 3 is 2.92 bits per heavy atom. The van der Waals surface area contributed by atoms with Crippen LogP contribution in [0.25, 0.3) is 10.1 Å². The summed E-state index contributed by atoms with van der Waals surface area (Å²) in [5.41, 5.74) is 6.27. The second kappa shape index (κ2) is 2.88. The van der Waals surface area contributed by atoms with Crippen LogP contribution in [0.5, 0.6) is 5.75 Å². The molecule has 0 amide bonds. The predicted molar refractivity (Wildman–Crippen MR) is 52.7 cm³/mol. The van der Waals surface area contributed by atoms with E-state index >= 15 is 0 Å². The number of hydrogen-bond donors (Lipinski definition) is 1. The first-order chi connectivity index (χ1) is 6.22. The molecule has 1 heterocycles. The summed E-state index contributed by atoms with van der Waals surface area (Å²) in [7, 11) is 1.54. The Bertz CT molecular complexity index is 452. The Labute approximate surface area is 78.7 Å². The Morgan fingerprint density at radius 1 is 1.46 bits per heavy atom. The number of anilines is 1. The van der Waals surface area contributed by atoms with Gasteiger partial charge in [-0.15, -0.1) is 11.3 Å². The number of hydrogen-bond acceptors (Lipinski definition) is 3. The van der Waals surface area contributed by atoms with E-state index in [9.17, 15) is 4.39 Å². The minimum absolute atomic E-state index is 0.227. The number of fused-ring (bicyclic) bond motifs is 1. The van der Waals surface area contributed by atoms with Gasteiger partial charge in [0.2, 0.25) is 0 Å². The van der Waals surface area contributed by atoms with Crippen molar-refractivity contribution < 1.29 is 9.13 Å². The number of methoxy groups -OCH3 is 1. The molecule has 2 aromatic rings. The van der Waals surface area contributed by atoms with Crippen LogP contribution in [0.4, 0.5) is 10.1 Å². The van der Waals surface area contributed by atoms with Crippen molar-refractivity contribution in [3.63, 3.8) is 0 Å². The molecule has 2 N–H and O–H groups in total. The van der Waals surface area contributed by atoms with Gasteiger partial charge in [0, 0.05) is 0 Å². The molecular formula is C9H8FNOS. The highest BCUT2D eigenvalue weighted by atomic mass is 32.1. The Kier molecular flexibility index (Phi) is 1.84. The zero-order valence-corrected chi connectivity index (χ0v) is 7.82. The lowest BCUT2D eigenvalue weighted by Crippen LogP contribution is -1.91. The largest absolute Gasteiger partial charge is 0.495 e. The van der Waals surface area contributed by atoms with Crippen molar-refractivity contribution in [2.75, 3.05) is 12.8 Å². The Hall–Kier alpha value is -1.29. The van der Waals surface area contributed by atoms with Gasteiger partial charge in [0.1, 0.15) is 5.75 Å². The molecule has 2 rings (SSSR count). The molecule has 2 nitrogen and oxygen atoms in total. The van der Waals surface area contributed by atoms with Gasteiger partial charge >= 0.3 is 0 Å². The maximum atomic E-state index is 12.9. The van der Waals surface area contributed by atoms with Gasteiger partial charge < -0.3 is 10.5 Å². The van der Waals surface area contributed by atoms with E-state index in [1.165, 1.54) is 6.07 Å². The fourth-order valence-electron chi connectivity index (χ4n) is 1.25. The second-order valence-corrected chi connectivity index (χ2v) is 3.65. The summed E-state index contributed by atoms with van der Waals surface area (Å²) < 4.78 is 18.6. The molecule has 0 atom stereocenters. The van der Waals surface area contributed by atoms with Crippen molar-refractivity contribution in [1.29, 1.82) is 0 Å². The van der Waals surface area contributed by atoms with Gasteiger partial charge in [-0.05, 0) is 23.6 Å². The van der Waals surface area contributed by atoms with E-state index in [2.05, 4.69) is 0 Å². The average molecular weight is 197 g/mol. The van der Waals surface area contributed by atoms with Crippen LogP contribution in [0.2, 0.25) is 0 Å². The molecule has 0 aliphatic rings. The maximum absolute atomic E-state index is 12.9.